The minimum atomic E-state index is -0.440. The predicted octanol–water partition coefficient (Wildman–Crippen LogP) is 3.28. The molecule has 22 heavy (non-hydrogen) atoms. The van der Waals surface area contributed by atoms with E-state index in [2.05, 4.69) is 22.6 Å². The van der Waals surface area contributed by atoms with Crippen LogP contribution in [-0.2, 0) is 13.2 Å². The minimum absolute atomic E-state index is 0.0446. The largest absolute Gasteiger partial charge is 0.493 e. The van der Waals surface area contributed by atoms with Gasteiger partial charge in [-0.05, 0) is 58.0 Å². The van der Waals surface area contributed by atoms with E-state index in [9.17, 15) is 15.2 Å². The lowest BCUT2D eigenvalue weighted by Crippen LogP contribution is -2.01. The number of benzene rings is 2. The Morgan fingerprint density at radius 1 is 1.23 bits per heavy atom. The standard InChI is InChI=1S/C15H14INO5/c1-21-14-7-11(8-18)6-13(16)15(14)22-9-10-2-4-12(5-3-10)17(19)20/h2-7,18H,8-9H2,1H3. The lowest BCUT2D eigenvalue weighted by Gasteiger charge is -2.14. The van der Waals surface area contributed by atoms with E-state index < -0.39 is 4.92 Å². The van der Waals surface area contributed by atoms with Crippen molar-refractivity contribution in [2.24, 2.45) is 0 Å². The molecule has 0 aliphatic rings. The van der Waals surface area contributed by atoms with Gasteiger partial charge in [0.05, 0.1) is 22.2 Å². The molecule has 0 aromatic heterocycles. The number of nitro benzene ring substituents is 1. The summed E-state index contributed by atoms with van der Waals surface area (Å²) in [6, 6.07) is 9.71. The summed E-state index contributed by atoms with van der Waals surface area (Å²) < 4.78 is 11.9. The molecule has 0 saturated carbocycles. The van der Waals surface area contributed by atoms with Crippen molar-refractivity contribution < 1.29 is 19.5 Å². The number of non-ortho nitro benzene ring substituents is 1. The molecule has 2 rings (SSSR count). The predicted molar refractivity (Wildman–Crippen MR) is 89.1 cm³/mol. The van der Waals surface area contributed by atoms with E-state index in [1.807, 2.05) is 6.07 Å². The number of nitrogens with zero attached hydrogens (tertiary/aromatic N) is 1. The summed E-state index contributed by atoms with van der Waals surface area (Å²) in [5.41, 5.74) is 1.60. The van der Waals surface area contributed by atoms with Gasteiger partial charge >= 0.3 is 0 Å². The average molecular weight is 415 g/mol. The number of methoxy groups -OCH3 is 1. The molecule has 116 valence electrons. The molecule has 0 bridgehead atoms. The van der Waals surface area contributed by atoms with Gasteiger partial charge in [-0.25, -0.2) is 0 Å². The number of ether oxygens (including phenoxy) is 2. The molecule has 0 saturated heterocycles. The van der Waals surface area contributed by atoms with Gasteiger partial charge < -0.3 is 14.6 Å². The molecule has 0 amide bonds. The van der Waals surface area contributed by atoms with Gasteiger partial charge in [-0.2, -0.15) is 0 Å². The summed E-state index contributed by atoms with van der Waals surface area (Å²) in [6.07, 6.45) is 0. The van der Waals surface area contributed by atoms with Crippen LogP contribution in [0, 0.1) is 13.7 Å². The van der Waals surface area contributed by atoms with Crippen LogP contribution in [0.3, 0.4) is 0 Å². The average Bonchev–Trinajstić information content (AvgIpc) is 2.53. The highest BCUT2D eigenvalue weighted by Gasteiger charge is 2.12. The number of halogens is 1. The van der Waals surface area contributed by atoms with Crippen LogP contribution in [0.1, 0.15) is 11.1 Å². The van der Waals surface area contributed by atoms with Crippen molar-refractivity contribution in [2.45, 2.75) is 13.2 Å². The van der Waals surface area contributed by atoms with Gasteiger partial charge in [0.15, 0.2) is 11.5 Å². The number of hydrogen-bond donors (Lipinski definition) is 1. The first-order valence-corrected chi connectivity index (χ1v) is 7.46. The molecule has 0 heterocycles. The fourth-order valence-electron chi connectivity index (χ4n) is 1.87. The molecule has 2 aromatic rings. The molecule has 0 spiro atoms. The number of aliphatic hydroxyl groups excluding tert-OH is 1. The van der Waals surface area contributed by atoms with Crippen LogP contribution in [0.15, 0.2) is 36.4 Å². The van der Waals surface area contributed by atoms with E-state index in [1.165, 1.54) is 19.2 Å². The van der Waals surface area contributed by atoms with Crippen LogP contribution in [0.4, 0.5) is 5.69 Å². The second-order valence-electron chi connectivity index (χ2n) is 4.48. The van der Waals surface area contributed by atoms with Crippen LogP contribution in [0.2, 0.25) is 0 Å². The molecule has 0 aliphatic heterocycles. The molecule has 2 aromatic carbocycles. The molecule has 0 radical (unpaired) electrons. The molecule has 0 fully saturated rings. The summed E-state index contributed by atoms with van der Waals surface area (Å²) in [7, 11) is 1.53. The summed E-state index contributed by atoms with van der Waals surface area (Å²) in [5.74, 6) is 1.12. The first-order valence-electron chi connectivity index (χ1n) is 6.38. The summed E-state index contributed by atoms with van der Waals surface area (Å²) in [4.78, 5) is 10.2. The van der Waals surface area contributed by atoms with Crippen LogP contribution in [0.5, 0.6) is 11.5 Å². The van der Waals surface area contributed by atoms with Crippen molar-refractivity contribution in [3.05, 3.63) is 61.2 Å². The minimum Gasteiger partial charge on any atom is -0.493 e. The third-order valence-corrected chi connectivity index (χ3v) is 3.80. The topological polar surface area (TPSA) is 81.8 Å². The number of nitro groups is 1. The van der Waals surface area contributed by atoms with E-state index in [4.69, 9.17) is 9.47 Å². The third kappa shape index (κ3) is 3.86. The van der Waals surface area contributed by atoms with Gasteiger partial charge in [-0.15, -0.1) is 0 Å². The monoisotopic (exact) mass is 415 g/mol. The zero-order valence-corrected chi connectivity index (χ0v) is 13.9. The van der Waals surface area contributed by atoms with Gasteiger partial charge in [0.25, 0.3) is 5.69 Å². The molecule has 0 unspecified atom stereocenters. The van der Waals surface area contributed by atoms with E-state index in [-0.39, 0.29) is 18.9 Å². The Hall–Kier alpha value is -1.87. The van der Waals surface area contributed by atoms with E-state index in [0.29, 0.717) is 11.5 Å². The van der Waals surface area contributed by atoms with Crippen molar-refractivity contribution >= 4 is 28.3 Å². The van der Waals surface area contributed by atoms with Gasteiger partial charge in [0.2, 0.25) is 0 Å². The molecule has 0 atom stereocenters. The zero-order chi connectivity index (χ0) is 16.1. The van der Waals surface area contributed by atoms with Gasteiger partial charge in [-0.3, -0.25) is 10.1 Å². The van der Waals surface area contributed by atoms with Gasteiger partial charge in [-0.1, -0.05) is 0 Å². The second-order valence-corrected chi connectivity index (χ2v) is 5.64. The maximum atomic E-state index is 10.6. The fourth-order valence-corrected chi connectivity index (χ4v) is 2.70. The Morgan fingerprint density at radius 3 is 2.45 bits per heavy atom. The fraction of sp³-hybridized carbons (Fsp3) is 0.200. The highest BCUT2D eigenvalue weighted by Crippen LogP contribution is 2.34. The molecule has 6 nitrogen and oxygen atoms in total. The van der Waals surface area contributed by atoms with Crippen LogP contribution in [-0.4, -0.2) is 17.1 Å². The first-order chi connectivity index (χ1) is 10.5. The van der Waals surface area contributed by atoms with Crippen molar-refractivity contribution in [3.8, 4) is 11.5 Å². The Kier molecular flexibility index (Phi) is 5.56. The summed E-state index contributed by atoms with van der Waals surface area (Å²) in [6.45, 7) is 0.192. The van der Waals surface area contributed by atoms with Crippen LogP contribution < -0.4 is 9.47 Å². The van der Waals surface area contributed by atoms with Crippen molar-refractivity contribution in [2.75, 3.05) is 7.11 Å². The van der Waals surface area contributed by atoms with Crippen molar-refractivity contribution in [1.82, 2.24) is 0 Å². The second kappa shape index (κ2) is 7.41. The maximum Gasteiger partial charge on any atom is 0.269 e. The highest BCUT2D eigenvalue weighted by molar-refractivity contribution is 14.1. The Labute approximate surface area is 141 Å². The summed E-state index contributed by atoms with van der Waals surface area (Å²) >= 11 is 2.11. The highest BCUT2D eigenvalue weighted by atomic mass is 127. The Balaban J connectivity index is 2.15. The lowest BCUT2D eigenvalue weighted by atomic mass is 10.2. The van der Waals surface area contributed by atoms with Gasteiger partial charge in [0.1, 0.15) is 6.61 Å². The summed E-state index contributed by atoms with van der Waals surface area (Å²) in [5, 5.41) is 19.8. The van der Waals surface area contributed by atoms with E-state index in [0.717, 1.165) is 14.7 Å². The van der Waals surface area contributed by atoms with Crippen LogP contribution in [0.25, 0.3) is 0 Å². The number of hydrogen-bond acceptors (Lipinski definition) is 5. The maximum absolute atomic E-state index is 10.6. The zero-order valence-electron chi connectivity index (χ0n) is 11.8. The van der Waals surface area contributed by atoms with E-state index >= 15 is 0 Å². The van der Waals surface area contributed by atoms with E-state index in [1.54, 1.807) is 18.2 Å². The quantitative estimate of drug-likeness (QED) is 0.445. The number of aliphatic hydroxyl groups is 1. The molecule has 1 N–H and O–H groups in total. The molecular weight excluding hydrogens is 401 g/mol. The third-order valence-electron chi connectivity index (χ3n) is 3.00. The number of rotatable bonds is 6. The Morgan fingerprint density at radius 2 is 1.91 bits per heavy atom. The van der Waals surface area contributed by atoms with Crippen molar-refractivity contribution in [1.29, 1.82) is 0 Å². The smallest absolute Gasteiger partial charge is 0.269 e. The molecule has 0 aliphatic carbocycles. The molecular formula is C15H14INO5. The van der Waals surface area contributed by atoms with Crippen LogP contribution >= 0.6 is 22.6 Å². The van der Waals surface area contributed by atoms with Crippen molar-refractivity contribution in [3.63, 3.8) is 0 Å². The normalized spacial score (nSPS) is 10.3. The Bertz CT molecular complexity index is 672. The first kappa shape index (κ1) is 16.5. The lowest BCUT2D eigenvalue weighted by molar-refractivity contribution is -0.384. The molecule has 7 heteroatoms. The SMILES string of the molecule is COc1cc(CO)cc(I)c1OCc1ccc([N+](=O)[O-])cc1. The van der Waals surface area contributed by atoms with Gasteiger partial charge in [0, 0.05) is 12.1 Å².